The number of hydrogen-bond acceptors (Lipinski definition) is 3. The monoisotopic (exact) mass is 187 g/mol. The zero-order chi connectivity index (χ0) is 10.3. The van der Waals surface area contributed by atoms with Gasteiger partial charge in [-0.15, -0.1) is 0 Å². The maximum Gasteiger partial charge on any atom is 0.320 e. The summed E-state index contributed by atoms with van der Waals surface area (Å²) in [5, 5.41) is 8.44. The van der Waals surface area contributed by atoms with E-state index < -0.39 is 12.0 Å². The number of carbonyl (C=O) groups excluding carboxylic acids is 1. The van der Waals surface area contributed by atoms with Gasteiger partial charge in [-0.2, -0.15) is 0 Å². The topological polar surface area (TPSA) is 80.4 Å². The fourth-order valence-electron chi connectivity index (χ4n) is 0.987. The number of rotatable bonds is 7. The number of ketones is 1. The number of nitrogens with two attached hydrogens (primary N) is 1. The van der Waals surface area contributed by atoms with Gasteiger partial charge in [-0.05, 0) is 12.8 Å². The molecule has 1 unspecified atom stereocenters. The molecule has 0 spiro atoms. The van der Waals surface area contributed by atoms with Crippen molar-refractivity contribution in [3.8, 4) is 0 Å². The number of aliphatic carboxylic acids is 1. The average Bonchev–Trinajstić information content (AvgIpc) is 2.11. The van der Waals surface area contributed by atoms with E-state index in [0.717, 1.165) is 6.42 Å². The van der Waals surface area contributed by atoms with Crippen molar-refractivity contribution in [3.63, 3.8) is 0 Å². The number of Topliss-reactive ketones (excluding diaryl/α,β-unsaturated/α-hetero) is 1. The van der Waals surface area contributed by atoms with Crippen molar-refractivity contribution in [2.24, 2.45) is 5.73 Å². The molecule has 4 heteroatoms. The molecule has 0 aromatic heterocycles. The molecule has 0 aliphatic heterocycles. The molecule has 0 aliphatic carbocycles. The molecule has 0 saturated carbocycles. The quantitative estimate of drug-likeness (QED) is 0.581. The highest BCUT2D eigenvalue weighted by atomic mass is 16.4. The number of hydrogen-bond donors (Lipinski definition) is 2. The third-order valence-electron chi connectivity index (χ3n) is 1.93. The molecule has 0 saturated heterocycles. The molecular formula is C9H17NO3. The van der Waals surface area contributed by atoms with Crippen LogP contribution < -0.4 is 5.73 Å². The summed E-state index contributed by atoms with van der Waals surface area (Å²) in [7, 11) is 0. The Morgan fingerprint density at radius 2 is 2.00 bits per heavy atom. The van der Waals surface area contributed by atoms with E-state index in [9.17, 15) is 9.59 Å². The first kappa shape index (κ1) is 12.1. The third-order valence-corrected chi connectivity index (χ3v) is 1.93. The summed E-state index contributed by atoms with van der Waals surface area (Å²) in [6.45, 7) is 1.82. The Bertz CT molecular complexity index is 180. The van der Waals surface area contributed by atoms with Crippen LogP contribution in [0.3, 0.4) is 0 Å². The van der Waals surface area contributed by atoms with Gasteiger partial charge in [-0.3, -0.25) is 9.59 Å². The molecule has 4 nitrogen and oxygen atoms in total. The van der Waals surface area contributed by atoms with Gasteiger partial charge >= 0.3 is 5.97 Å². The normalized spacial score (nSPS) is 12.5. The van der Waals surface area contributed by atoms with Crippen LogP contribution in [0.4, 0.5) is 0 Å². The van der Waals surface area contributed by atoms with Crippen LogP contribution in [0, 0.1) is 0 Å². The lowest BCUT2D eigenvalue weighted by Crippen LogP contribution is -2.29. The molecular weight excluding hydrogens is 170 g/mol. The van der Waals surface area contributed by atoms with Gasteiger partial charge < -0.3 is 10.8 Å². The average molecular weight is 187 g/mol. The minimum Gasteiger partial charge on any atom is -0.480 e. The van der Waals surface area contributed by atoms with E-state index >= 15 is 0 Å². The third kappa shape index (κ3) is 6.28. The first-order valence-electron chi connectivity index (χ1n) is 4.58. The fraction of sp³-hybridized carbons (Fsp3) is 0.778. The maximum atomic E-state index is 10.8. The highest BCUT2D eigenvalue weighted by Crippen LogP contribution is 2.04. The van der Waals surface area contributed by atoms with Gasteiger partial charge in [0.2, 0.25) is 0 Å². The van der Waals surface area contributed by atoms with E-state index in [0.29, 0.717) is 25.7 Å². The highest BCUT2D eigenvalue weighted by molar-refractivity contribution is 5.77. The van der Waals surface area contributed by atoms with Crippen LogP contribution in [-0.4, -0.2) is 22.9 Å². The Hall–Kier alpha value is -0.900. The van der Waals surface area contributed by atoms with E-state index in [2.05, 4.69) is 0 Å². The van der Waals surface area contributed by atoms with Crippen LogP contribution in [0.2, 0.25) is 0 Å². The zero-order valence-corrected chi connectivity index (χ0v) is 7.95. The summed E-state index contributed by atoms with van der Waals surface area (Å²) in [6, 6.07) is -0.781. The van der Waals surface area contributed by atoms with E-state index in [-0.39, 0.29) is 5.78 Å². The molecule has 0 radical (unpaired) electrons. The van der Waals surface area contributed by atoms with Crippen LogP contribution in [0.15, 0.2) is 0 Å². The number of carboxylic acids is 1. The summed E-state index contributed by atoms with van der Waals surface area (Å²) in [6.07, 6.45) is 3.01. The van der Waals surface area contributed by atoms with Gasteiger partial charge in [0.1, 0.15) is 11.8 Å². The number of carboxylic acid groups (broad SMARTS) is 1. The Morgan fingerprint density at radius 3 is 2.46 bits per heavy atom. The summed E-state index contributed by atoms with van der Waals surface area (Å²) in [4.78, 5) is 21.1. The largest absolute Gasteiger partial charge is 0.480 e. The van der Waals surface area contributed by atoms with Crippen molar-refractivity contribution >= 4 is 11.8 Å². The maximum absolute atomic E-state index is 10.8. The Labute approximate surface area is 78.1 Å². The van der Waals surface area contributed by atoms with Gasteiger partial charge in [0.15, 0.2) is 0 Å². The lowest BCUT2D eigenvalue weighted by molar-refractivity contribution is -0.138. The van der Waals surface area contributed by atoms with Gasteiger partial charge in [-0.1, -0.05) is 13.3 Å². The van der Waals surface area contributed by atoms with Crippen molar-refractivity contribution in [1.82, 2.24) is 0 Å². The molecule has 0 heterocycles. The molecule has 0 bridgehead atoms. The summed E-state index contributed by atoms with van der Waals surface area (Å²) >= 11 is 0. The predicted octanol–water partition coefficient (Wildman–Crippen LogP) is 0.938. The summed E-state index contributed by atoms with van der Waals surface area (Å²) in [5.41, 5.74) is 5.28. The van der Waals surface area contributed by atoms with E-state index in [1.165, 1.54) is 0 Å². The second-order valence-corrected chi connectivity index (χ2v) is 3.08. The lowest BCUT2D eigenvalue weighted by atomic mass is 10.1. The van der Waals surface area contributed by atoms with Crippen LogP contribution >= 0.6 is 0 Å². The van der Waals surface area contributed by atoms with Crippen LogP contribution in [0.5, 0.6) is 0 Å². The van der Waals surface area contributed by atoms with Crippen LogP contribution in [0.25, 0.3) is 0 Å². The van der Waals surface area contributed by atoms with Crippen molar-refractivity contribution in [2.75, 3.05) is 0 Å². The summed E-state index contributed by atoms with van der Waals surface area (Å²) in [5.74, 6) is -0.745. The Kier molecular flexibility index (Phi) is 6.14. The molecule has 0 fully saturated rings. The van der Waals surface area contributed by atoms with E-state index in [1.54, 1.807) is 0 Å². The molecule has 0 aromatic rings. The van der Waals surface area contributed by atoms with Gasteiger partial charge in [0.05, 0.1) is 0 Å². The standard InChI is InChI=1S/C9H17NO3/c1-2-7(11)5-3-4-6-8(10)9(12)13/h8H,2-6,10H2,1H3,(H,12,13). The second-order valence-electron chi connectivity index (χ2n) is 3.08. The van der Waals surface area contributed by atoms with Crippen LogP contribution in [0.1, 0.15) is 39.0 Å². The lowest BCUT2D eigenvalue weighted by Gasteiger charge is -2.04. The minimum absolute atomic E-state index is 0.226. The molecule has 1 atom stereocenters. The molecule has 13 heavy (non-hydrogen) atoms. The number of unbranched alkanes of at least 4 members (excludes halogenated alkanes) is 1. The smallest absolute Gasteiger partial charge is 0.320 e. The Morgan fingerprint density at radius 1 is 1.38 bits per heavy atom. The van der Waals surface area contributed by atoms with Crippen molar-refractivity contribution in [3.05, 3.63) is 0 Å². The Balaban J connectivity index is 3.35. The highest BCUT2D eigenvalue weighted by Gasteiger charge is 2.10. The summed E-state index contributed by atoms with van der Waals surface area (Å²) < 4.78 is 0. The molecule has 0 rings (SSSR count). The first-order chi connectivity index (χ1) is 6.07. The SMILES string of the molecule is CCC(=O)CCCCC(N)C(=O)O. The first-order valence-corrected chi connectivity index (χ1v) is 4.58. The van der Waals surface area contributed by atoms with Crippen molar-refractivity contribution in [1.29, 1.82) is 0 Å². The number of carbonyl (C=O) groups is 2. The van der Waals surface area contributed by atoms with Crippen LogP contribution in [-0.2, 0) is 9.59 Å². The molecule has 0 aromatic carbocycles. The fourth-order valence-corrected chi connectivity index (χ4v) is 0.987. The zero-order valence-electron chi connectivity index (χ0n) is 7.95. The molecule has 0 amide bonds. The van der Waals surface area contributed by atoms with Gasteiger partial charge in [0, 0.05) is 12.8 Å². The minimum atomic E-state index is -0.971. The predicted molar refractivity (Wildman–Crippen MR) is 49.4 cm³/mol. The molecule has 0 aliphatic rings. The van der Waals surface area contributed by atoms with E-state index in [4.69, 9.17) is 10.8 Å². The van der Waals surface area contributed by atoms with Gasteiger partial charge in [-0.25, -0.2) is 0 Å². The molecule has 76 valence electrons. The van der Waals surface area contributed by atoms with Crippen molar-refractivity contribution in [2.45, 2.75) is 45.1 Å². The van der Waals surface area contributed by atoms with Gasteiger partial charge in [0.25, 0.3) is 0 Å². The molecule has 3 N–H and O–H groups in total. The second kappa shape index (κ2) is 6.60. The van der Waals surface area contributed by atoms with Crippen molar-refractivity contribution < 1.29 is 14.7 Å². The van der Waals surface area contributed by atoms with E-state index in [1.807, 2.05) is 6.92 Å².